The van der Waals surface area contributed by atoms with Crippen molar-refractivity contribution in [3.63, 3.8) is 0 Å². The van der Waals surface area contributed by atoms with Gasteiger partial charge in [0.2, 0.25) is 5.91 Å². The fourth-order valence-corrected chi connectivity index (χ4v) is 2.31. The van der Waals surface area contributed by atoms with Gasteiger partial charge in [0.15, 0.2) is 0 Å². The van der Waals surface area contributed by atoms with Gasteiger partial charge in [-0.1, -0.05) is 6.07 Å². The number of thioether (sulfide) groups is 1. The van der Waals surface area contributed by atoms with E-state index in [1.807, 2.05) is 0 Å². The van der Waals surface area contributed by atoms with Crippen molar-refractivity contribution in [3.8, 4) is 11.5 Å². The lowest BCUT2D eigenvalue weighted by Crippen LogP contribution is -2.27. The first-order valence-corrected chi connectivity index (χ1v) is 7.50. The number of benzene rings is 1. The van der Waals surface area contributed by atoms with E-state index in [-0.39, 0.29) is 18.1 Å². The third-order valence-electron chi connectivity index (χ3n) is 2.66. The molecule has 1 aromatic carbocycles. The van der Waals surface area contributed by atoms with Crippen LogP contribution in [0.25, 0.3) is 0 Å². The summed E-state index contributed by atoms with van der Waals surface area (Å²) in [5, 5.41) is 11.2. The predicted molar refractivity (Wildman–Crippen MR) is 81.2 cm³/mol. The second-order valence-electron chi connectivity index (χ2n) is 4.11. The van der Waals surface area contributed by atoms with Gasteiger partial charge in [0.25, 0.3) is 0 Å². The molecule has 0 aliphatic carbocycles. The largest absolute Gasteiger partial charge is 0.496 e. The van der Waals surface area contributed by atoms with Gasteiger partial charge in [-0.05, 0) is 12.1 Å². The van der Waals surface area contributed by atoms with Crippen molar-refractivity contribution in [1.82, 2.24) is 5.32 Å². The molecule has 6 nitrogen and oxygen atoms in total. The van der Waals surface area contributed by atoms with E-state index in [2.05, 4.69) is 5.32 Å². The third kappa shape index (κ3) is 5.95. The van der Waals surface area contributed by atoms with Crippen LogP contribution in [0.1, 0.15) is 5.56 Å². The van der Waals surface area contributed by atoms with Crippen LogP contribution >= 0.6 is 11.8 Å². The first-order chi connectivity index (χ1) is 10.1. The van der Waals surface area contributed by atoms with Crippen molar-refractivity contribution in [1.29, 1.82) is 0 Å². The SMILES string of the molecule is COc1cccc(OC)c1CC(=O)NCCSCC(=O)O. The average molecular weight is 313 g/mol. The molecule has 7 heteroatoms. The van der Waals surface area contributed by atoms with Gasteiger partial charge in [0.05, 0.1) is 26.4 Å². The molecule has 0 aromatic heterocycles. The highest BCUT2D eigenvalue weighted by atomic mass is 32.2. The Morgan fingerprint density at radius 1 is 1.24 bits per heavy atom. The van der Waals surface area contributed by atoms with Crippen LogP contribution in [-0.4, -0.2) is 49.3 Å². The lowest BCUT2D eigenvalue weighted by atomic mass is 10.1. The minimum Gasteiger partial charge on any atom is -0.496 e. The number of rotatable bonds is 9. The molecule has 0 atom stereocenters. The molecule has 0 spiro atoms. The molecule has 0 aliphatic rings. The summed E-state index contributed by atoms with van der Waals surface area (Å²) in [4.78, 5) is 22.2. The summed E-state index contributed by atoms with van der Waals surface area (Å²) in [5.74, 6) is 0.783. The maximum absolute atomic E-state index is 11.9. The Kier molecular flexibility index (Phi) is 7.45. The molecule has 2 N–H and O–H groups in total. The van der Waals surface area contributed by atoms with Crippen LogP contribution in [0.3, 0.4) is 0 Å². The highest BCUT2D eigenvalue weighted by Gasteiger charge is 2.13. The summed E-state index contributed by atoms with van der Waals surface area (Å²) in [6.45, 7) is 0.425. The number of hydrogen-bond donors (Lipinski definition) is 2. The first kappa shape index (κ1) is 17.2. The summed E-state index contributed by atoms with van der Waals surface area (Å²) < 4.78 is 10.5. The number of amides is 1. The summed E-state index contributed by atoms with van der Waals surface area (Å²) in [6, 6.07) is 5.34. The number of methoxy groups -OCH3 is 2. The van der Waals surface area contributed by atoms with E-state index in [4.69, 9.17) is 14.6 Å². The fourth-order valence-electron chi connectivity index (χ4n) is 1.75. The zero-order valence-electron chi connectivity index (χ0n) is 12.0. The zero-order chi connectivity index (χ0) is 15.7. The van der Waals surface area contributed by atoms with Crippen LogP contribution in [-0.2, 0) is 16.0 Å². The molecular formula is C14H19NO5S. The Labute approximate surface area is 127 Å². The van der Waals surface area contributed by atoms with Gasteiger partial charge in [-0.15, -0.1) is 11.8 Å². The molecule has 0 saturated carbocycles. The highest BCUT2D eigenvalue weighted by molar-refractivity contribution is 7.99. The Morgan fingerprint density at radius 2 is 1.86 bits per heavy atom. The second-order valence-corrected chi connectivity index (χ2v) is 5.22. The van der Waals surface area contributed by atoms with Gasteiger partial charge in [-0.3, -0.25) is 9.59 Å². The molecule has 1 aromatic rings. The van der Waals surface area contributed by atoms with E-state index < -0.39 is 5.97 Å². The van der Waals surface area contributed by atoms with Crippen LogP contribution in [0.2, 0.25) is 0 Å². The fraction of sp³-hybridized carbons (Fsp3) is 0.429. The van der Waals surface area contributed by atoms with E-state index in [1.165, 1.54) is 11.8 Å². The Hall–Kier alpha value is -1.89. The lowest BCUT2D eigenvalue weighted by molar-refractivity contribution is -0.133. The molecule has 116 valence electrons. The second kappa shape index (κ2) is 9.12. The zero-order valence-corrected chi connectivity index (χ0v) is 12.9. The van der Waals surface area contributed by atoms with Crippen molar-refractivity contribution in [2.75, 3.05) is 32.3 Å². The predicted octanol–water partition coefficient (Wildman–Crippen LogP) is 1.18. The maximum atomic E-state index is 11.9. The molecule has 0 aliphatic heterocycles. The molecule has 0 fully saturated rings. The number of carbonyl (C=O) groups is 2. The lowest BCUT2D eigenvalue weighted by Gasteiger charge is -2.12. The number of hydrogen-bond acceptors (Lipinski definition) is 5. The molecule has 0 unspecified atom stereocenters. The first-order valence-electron chi connectivity index (χ1n) is 6.34. The Balaban J connectivity index is 2.49. The van der Waals surface area contributed by atoms with E-state index in [1.54, 1.807) is 32.4 Å². The molecule has 0 heterocycles. The normalized spacial score (nSPS) is 10.0. The summed E-state index contributed by atoms with van der Waals surface area (Å²) >= 11 is 1.26. The van der Waals surface area contributed by atoms with Crippen LogP contribution < -0.4 is 14.8 Å². The number of nitrogens with one attached hydrogen (secondary N) is 1. The van der Waals surface area contributed by atoms with Crippen LogP contribution in [0.4, 0.5) is 0 Å². The van der Waals surface area contributed by atoms with Crippen molar-refractivity contribution >= 4 is 23.6 Å². The third-order valence-corrected chi connectivity index (χ3v) is 3.61. The molecule has 1 rings (SSSR count). The maximum Gasteiger partial charge on any atom is 0.313 e. The highest BCUT2D eigenvalue weighted by Crippen LogP contribution is 2.28. The van der Waals surface area contributed by atoms with Crippen molar-refractivity contribution in [3.05, 3.63) is 23.8 Å². The topological polar surface area (TPSA) is 84.9 Å². The van der Waals surface area contributed by atoms with Gasteiger partial charge in [0, 0.05) is 17.9 Å². The van der Waals surface area contributed by atoms with E-state index in [0.717, 1.165) is 0 Å². The molecule has 0 bridgehead atoms. The number of carbonyl (C=O) groups excluding carboxylic acids is 1. The summed E-state index contributed by atoms with van der Waals surface area (Å²) in [6.07, 6.45) is 0.150. The van der Waals surface area contributed by atoms with Crippen molar-refractivity contribution in [2.45, 2.75) is 6.42 Å². The number of aliphatic carboxylic acids is 1. The molecular weight excluding hydrogens is 294 g/mol. The molecule has 0 saturated heterocycles. The van der Waals surface area contributed by atoms with E-state index >= 15 is 0 Å². The summed E-state index contributed by atoms with van der Waals surface area (Å²) in [5.41, 5.74) is 0.693. The Bertz CT molecular complexity index is 470. The Morgan fingerprint density at radius 3 is 2.38 bits per heavy atom. The van der Waals surface area contributed by atoms with E-state index in [0.29, 0.717) is 29.4 Å². The van der Waals surface area contributed by atoms with Crippen LogP contribution in [0, 0.1) is 0 Å². The standard InChI is InChI=1S/C14H19NO5S/c1-19-11-4-3-5-12(20-2)10(11)8-13(16)15-6-7-21-9-14(17)18/h3-5H,6-9H2,1-2H3,(H,15,16)(H,17,18). The quantitative estimate of drug-likeness (QED) is 0.666. The summed E-state index contributed by atoms with van der Waals surface area (Å²) in [7, 11) is 3.08. The van der Waals surface area contributed by atoms with Gasteiger partial charge in [-0.2, -0.15) is 0 Å². The van der Waals surface area contributed by atoms with Gasteiger partial charge >= 0.3 is 5.97 Å². The van der Waals surface area contributed by atoms with E-state index in [9.17, 15) is 9.59 Å². The monoisotopic (exact) mass is 313 g/mol. The number of carboxylic acid groups (broad SMARTS) is 1. The molecule has 1 amide bonds. The minimum atomic E-state index is -0.856. The smallest absolute Gasteiger partial charge is 0.313 e. The van der Waals surface area contributed by atoms with Gasteiger partial charge < -0.3 is 19.9 Å². The van der Waals surface area contributed by atoms with Crippen molar-refractivity contribution < 1.29 is 24.2 Å². The van der Waals surface area contributed by atoms with Crippen LogP contribution in [0.15, 0.2) is 18.2 Å². The molecule has 21 heavy (non-hydrogen) atoms. The molecule has 0 radical (unpaired) electrons. The number of carboxylic acids is 1. The van der Waals surface area contributed by atoms with Crippen molar-refractivity contribution in [2.24, 2.45) is 0 Å². The van der Waals surface area contributed by atoms with Crippen LogP contribution in [0.5, 0.6) is 11.5 Å². The average Bonchev–Trinajstić information content (AvgIpc) is 2.46. The van der Waals surface area contributed by atoms with Gasteiger partial charge in [-0.25, -0.2) is 0 Å². The minimum absolute atomic E-state index is 0.0379. The van der Waals surface area contributed by atoms with Gasteiger partial charge in [0.1, 0.15) is 11.5 Å². The number of ether oxygens (including phenoxy) is 2.